The Bertz CT molecular complexity index is 633. The van der Waals surface area contributed by atoms with E-state index in [9.17, 15) is 0 Å². The fraction of sp³-hybridized carbons (Fsp3) is 0. The van der Waals surface area contributed by atoms with Gasteiger partial charge in [-0.1, -0.05) is 0 Å². The fourth-order valence-corrected chi connectivity index (χ4v) is 2.28. The lowest BCUT2D eigenvalue weighted by atomic mass is 10.2. The zero-order chi connectivity index (χ0) is 11.0. The van der Waals surface area contributed by atoms with Crippen LogP contribution in [0.2, 0.25) is 0 Å². The van der Waals surface area contributed by atoms with Crippen LogP contribution in [-0.2, 0) is 0 Å². The standard InChI is InChI=1S/C11H8N4S/c12-9-8-3-6-16-11(8)15-10(14-9)7-1-4-13-5-2-7/h1-6H,(H2,12,14,15). The van der Waals surface area contributed by atoms with Crippen LogP contribution < -0.4 is 5.73 Å². The van der Waals surface area contributed by atoms with Gasteiger partial charge in [0, 0.05) is 18.0 Å². The first kappa shape index (κ1) is 9.23. The van der Waals surface area contributed by atoms with Gasteiger partial charge in [0.25, 0.3) is 0 Å². The van der Waals surface area contributed by atoms with Crippen molar-refractivity contribution in [3.05, 3.63) is 36.0 Å². The Morgan fingerprint density at radius 3 is 2.69 bits per heavy atom. The van der Waals surface area contributed by atoms with Gasteiger partial charge in [0.2, 0.25) is 0 Å². The molecule has 5 heteroatoms. The lowest BCUT2D eigenvalue weighted by Gasteiger charge is -2.01. The Balaban J connectivity index is 2.25. The predicted molar refractivity (Wildman–Crippen MR) is 65.1 cm³/mol. The summed E-state index contributed by atoms with van der Waals surface area (Å²) in [6.07, 6.45) is 3.43. The van der Waals surface area contributed by atoms with Gasteiger partial charge in [-0.05, 0) is 23.6 Å². The van der Waals surface area contributed by atoms with E-state index in [0.29, 0.717) is 11.6 Å². The zero-order valence-corrected chi connectivity index (χ0v) is 9.11. The Labute approximate surface area is 95.8 Å². The number of aromatic nitrogens is 3. The van der Waals surface area contributed by atoms with Gasteiger partial charge in [-0.15, -0.1) is 11.3 Å². The number of nitrogens with zero attached hydrogens (tertiary/aromatic N) is 3. The van der Waals surface area contributed by atoms with Crippen LogP contribution in [0, 0.1) is 0 Å². The number of hydrogen-bond donors (Lipinski definition) is 1. The maximum Gasteiger partial charge on any atom is 0.163 e. The molecule has 0 aromatic carbocycles. The van der Waals surface area contributed by atoms with E-state index in [1.165, 1.54) is 0 Å². The van der Waals surface area contributed by atoms with Crippen molar-refractivity contribution in [3.8, 4) is 11.4 Å². The SMILES string of the molecule is Nc1nc(-c2ccncc2)nc2sccc12. The molecular formula is C11H8N4S. The summed E-state index contributed by atoms with van der Waals surface area (Å²) in [4.78, 5) is 13.6. The summed E-state index contributed by atoms with van der Waals surface area (Å²) in [5.41, 5.74) is 6.81. The summed E-state index contributed by atoms with van der Waals surface area (Å²) in [5, 5.41) is 2.88. The molecule has 0 amide bonds. The van der Waals surface area contributed by atoms with Gasteiger partial charge in [0.05, 0.1) is 5.39 Å². The molecule has 0 unspecified atom stereocenters. The molecule has 0 spiro atoms. The summed E-state index contributed by atoms with van der Waals surface area (Å²) < 4.78 is 0. The second kappa shape index (κ2) is 3.53. The highest BCUT2D eigenvalue weighted by Gasteiger charge is 2.07. The maximum atomic E-state index is 5.88. The summed E-state index contributed by atoms with van der Waals surface area (Å²) in [6.45, 7) is 0. The third kappa shape index (κ3) is 1.42. The molecule has 3 aromatic heterocycles. The van der Waals surface area contributed by atoms with Crippen molar-refractivity contribution in [2.24, 2.45) is 0 Å². The summed E-state index contributed by atoms with van der Waals surface area (Å²) in [6, 6.07) is 5.67. The molecule has 3 rings (SSSR count). The molecule has 0 bridgehead atoms. The van der Waals surface area contributed by atoms with Gasteiger partial charge in [0.15, 0.2) is 5.82 Å². The number of nitrogens with two attached hydrogens (primary N) is 1. The maximum absolute atomic E-state index is 5.88. The van der Waals surface area contributed by atoms with Gasteiger partial charge < -0.3 is 5.73 Å². The van der Waals surface area contributed by atoms with Crippen LogP contribution in [0.25, 0.3) is 21.6 Å². The Kier molecular flexibility index (Phi) is 2.04. The van der Waals surface area contributed by atoms with Crippen LogP contribution in [0.3, 0.4) is 0 Å². The minimum atomic E-state index is 0.526. The molecule has 16 heavy (non-hydrogen) atoms. The first-order valence-electron chi connectivity index (χ1n) is 4.76. The topological polar surface area (TPSA) is 64.7 Å². The highest BCUT2D eigenvalue weighted by Crippen LogP contribution is 2.26. The molecule has 2 N–H and O–H groups in total. The number of nitrogen functional groups attached to an aromatic ring is 1. The molecule has 0 saturated heterocycles. The van der Waals surface area contributed by atoms with Crippen LogP contribution in [0.4, 0.5) is 5.82 Å². The van der Waals surface area contributed by atoms with Crippen molar-refractivity contribution < 1.29 is 0 Å². The van der Waals surface area contributed by atoms with E-state index in [1.807, 2.05) is 23.6 Å². The molecule has 78 valence electrons. The molecule has 3 heterocycles. The van der Waals surface area contributed by atoms with Crippen LogP contribution >= 0.6 is 11.3 Å². The van der Waals surface area contributed by atoms with E-state index in [4.69, 9.17) is 5.73 Å². The van der Waals surface area contributed by atoms with Crippen molar-refractivity contribution in [2.75, 3.05) is 5.73 Å². The van der Waals surface area contributed by atoms with E-state index in [0.717, 1.165) is 15.8 Å². The third-order valence-electron chi connectivity index (χ3n) is 2.29. The van der Waals surface area contributed by atoms with Gasteiger partial charge in [-0.25, -0.2) is 9.97 Å². The number of pyridine rings is 1. The van der Waals surface area contributed by atoms with E-state index in [-0.39, 0.29) is 0 Å². The Hall–Kier alpha value is -2.01. The average Bonchev–Trinajstić information content (AvgIpc) is 2.79. The van der Waals surface area contributed by atoms with Gasteiger partial charge >= 0.3 is 0 Å². The molecule has 3 aromatic rings. The summed E-state index contributed by atoms with van der Waals surface area (Å²) >= 11 is 1.56. The summed E-state index contributed by atoms with van der Waals surface area (Å²) in [5.74, 6) is 1.17. The number of hydrogen-bond acceptors (Lipinski definition) is 5. The van der Waals surface area contributed by atoms with Crippen molar-refractivity contribution in [1.82, 2.24) is 15.0 Å². The Morgan fingerprint density at radius 1 is 1.06 bits per heavy atom. The fourth-order valence-electron chi connectivity index (χ4n) is 1.51. The molecule has 0 saturated carbocycles. The van der Waals surface area contributed by atoms with Crippen LogP contribution in [0.15, 0.2) is 36.0 Å². The van der Waals surface area contributed by atoms with E-state index in [1.54, 1.807) is 23.7 Å². The lowest BCUT2D eigenvalue weighted by molar-refractivity contribution is 1.23. The Morgan fingerprint density at radius 2 is 1.88 bits per heavy atom. The van der Waals surface area contributed by atoms with Gasteiger partial charge in [-0.3, -0.25) is 4.98 Å². The highest BCUT2D eigenvalue weighted by atomic mass is 32.1. The van der Waals surface area contributed by atoms with Gasteiger partial charge in [0.1, 0.15) is 10.6 Å². The van der Waals surface area contributed by atoms with Crippen molar-refractivity contribution in [3.63, 3.8) is 0 Å². The summed E-state index contributed by atoms with van der Waals surface area (Å²) in [7, 11) is 0. The van der Waals surface area contributed by atoms with Crippen LogP contribution in [-0.4, -0.2) is 15.0 Å². The molecule has 0 fully saturated rings. The number of rotatable bonds is 1. The number of anilines is 1. The molecule has 4 nitrogen and oxygen atoms in total. The molecule has 0 aliphatic carbocycles. The number of fused-ring (bicyclic) bond motifs is 1. The van der Waals surface area contributed by atoms with E-state index in [2.05, 4.69) is 15.0 Å². The van der Waals surface area contributed by atoms with Crippen molar-refractivity contribution in [1.29, 1.82) is 0 Å². The largest absolute Gasteiger partial charge is 0.383 e. The second-order valence-corrected chi connectivity index (χ2v) is 4.20. The first-order valence-corrected chi connectivity index (χ1v) is 5.64. The third-order valence-corrected chi connectivity index (χ3v) is 3.10. The number of thiophene rings is 1. The van der Waals surface area contributed by atoms with Crippen molar-refractivity contribution >= 4 is 27.4 Å². The van der Waals surface area contributed by atoms with Crippen LogP contribution in [0.5, 0.6) is 0 Å². The predicted octanol–water partition coefficient (Wildman–Crippen LogP) is 2.34. The van der Waals surface area contributed by atoms with E-state index < -0.39 is 0 Å². The molecule has 0 radical (unpaired) electrons. The van der Waals surface area contributed by atoms with Gasteiger partial charge in [-0.2, -0.15) is 0 Å². The monoisotopic (exact) mass is 228 g/mol. The minimum Gasteiger partial charge on any atom is -0.383 e. The van der Waals surface area contributed by atoms with Crippen LogP contribution in [0.1, 0.15) is 0 Å². The first-order chi connectivity index (χ1) is 7.84. The molecule has 0 aliphatic rings. The normalized spacial score (nSPS) is 10.8. The van der Waals surface area contributed by atoms with Crippen molar-refractivity contribution in [2.45, 2.75) is 0 Å². The molecule has 0 atom stereocenters. The smallest absolute Gasteiger partial charge is 0.163 e. The molecule has 0 aliphatic heterocycles. The zero-order valence-electron chi connectivity index (χ0n) is 8.29. The lowest BCUT2D eigenvalue weighted by Crippen LogP contribution is -1.95. The molecular weight excluding hydrogens is 220 g/mol. The minimum absolute atomic E-state index is 0.526. The quantitative estimate of drug-likeness (QED) is 0.694. The average molecular weight is 228 g/mol. The second-order valence-electron chi connectivity index (χ2n) is 3.31. The van der Waals surface area contributed by atoms with E-state index >= 15 is 0 Å². The highest BCUT2D eigenvalue weighted by molar-refractivity contribution is 7.16.